The number of hydrogen-bond acceptors (Lipinski definition) is 7. The molecule has 3 aromatic rings. The molecule has 1 N–H and O–H groups in total. The van der Waals surface area contributed by atoms with Crippen LogP contribution in [0.1, 0.15) is 47.4 Å². The van der Waals surface area contributed by atoms with Crippen molar-refractivity contribution in [2.24, 2.45) is 0 Å². The number of ether oxygens (including phenoxy) is 1. The molecular formula is C18H18N4O3. The first-order valence-electron chi connectivity index (χ1n) is 8.39. The maximum atomic E-state index is 12.1. The molecule has 0 saturated heterocycles. The fourth-order valence-electron chi connectivity index (χ4n) is 3.30. The van der Waals surface area contributed by atoms with Crippen LogP contribution in [0.25, 0.3) is 11.1 Å². The van der Waals surface area contributed by atoms with Crippen LogP contribution in [0.5, 0.6) is 0 Å². The van der Waals surface area contributed by atoms with Crippen LogP contribution in [0.3, 0.4) is 0 Å². The molecule has 4 rings (SSSR count). The smallest absolute Gasteiger partial charge is 0.361 e. The Balaban J connectivity index is 1.73. The van der Waals surface area contributed by atoms with Gasteiger partial charge in [-0.15, -0.1) is 0 Å². The van der Waals surface area contributed by atoms with E-state index in [4.69, 9.17) is 9.26 Å². The van der Waals surface area contributed by atoms with Gasteiger partial charge < -0.3 is 14.6 Å². The Morgan fingerprint density at radius 2 is 2.24 bits per heavy atom. The molecule has 1 aromatic carbocycles. The summed E-state index contributed by atoms with van der Waals surface area (Å²) >= 11 is 0. The highest BCUT2D eigenvalue weighted by Crippen LogP contribution is 2.34. The summed E-state index contributed by atoms with van der Waals surface area (Å²) in [5.41, 5.74) is 2.97. The third-order valence-electron chi connectivity index (χ3n) is 4.42. The van der Waals surface area contributed by atoms with Crippen molar-refractivity contribution in [1.29, 1.82) is 0 Å². The van der Waals surface area contributed by atoms with Crippen molar-refractivity contribution in [1.82, 2.24) is 15.1 Å². The van der Waals surface area contributed by atoms with Crippen LogP contribution < -0.4 is 5.32 Å². The quantitative estimate of drug-likeness (QED) is 0.730. The molecule has 0 fully saturated rings. The summed E-state index contributed by atoms with van der Waals surface area (Å²) in [5.74, 6) is -0.000787. The van der Waals surface area contributed by atoms with Gasteiger partial charge in [0.2, 0.25) is 5.69 Å². The zero-order chi connectivity index (χ0) is 17.2. The monoisotopic (exact) mass is 338 g/mol. The number of rotatable bonds is 4. The normalized spacial score (nSPS) is 16.4. The van der Waals surface area contributed by atoms with Gasteiger partial charge in [-0.1, -0.05) is 29.4 Å². The van der Waals surface area contributed by atoms with E-state index >= 15 is 0 Å². The second-order valence-corrected chi connectivity index (χ2v) is 5.94. The van der Waals surface area contributed by atoms with E-state index in [1.54, 1.807) is 6.92 Å². The zero-order valence-electron chi connectivity index (χ0n) is 13.9. The molecule has 25 heavy (non-hydrogen) atoms. The summed E-state index contributed by atoms with van der Waals surface area (Å²) in [6.45, 7) is 2.01. The number of anilines is 1. The maximum absolute atomic E-state index is 12.1. The number of aromatic nitrogens is 3. The molecule has 0 amide bonds. The summed E-state index contributed by atoms with van der Waals surface area (Å²) in [6, 6.07) is 8.50. The molecule has 7 nitrogen and oxygen atoms in total. The van der Waals surface area contributed by atoms with Crippen molar-refractivity contribution in [3.05, 3.63) is 47.4 Å². The molecule has 7 heteroatoms. The average molecular weight is 338 g/mol. The van der Waals surface area contributed by atoms with Crippen molar-refractivity contribution >= 4 is 22.9 Å². The largest absolute Gasteiger partial charge is 0.461 e. The first-order valence-corrected chi connectivity index (χ1v) is 8.39. The first kappa shape index (κ1) is 15.6. The minimum absolute atomic E-state index is 0.101. The minimum Gasteiger partial charge on any atom is -0.461 e. The van der Waals surface area contributed by atoms with Crippen LogP contribution in [-0.2, 0) is 11.2 Å². The van der Waals surface area contributed by atoms with Gasteiger partial charge >= 0.3 is 5.97 Å². The van der Waals surface area contributed by atoms with Gasteiger partial charge in [0.05, 0.1) is 12.6 Å². The van der Waals surface area contributed by atoms with E-state index in [1.807, 2.05) is 6.07 Å². The lowest BCUT2D eigenvalue weighted by Crippen LogP contribution is -2.18. The van der Waals surface area contributed by atoms with Crippen LogP contribution in [0.4, 0.5) is 5.82 Å². The predicted molar refractivity (Wildman–Crippen MR) is 91.3 cm³/mol. The molecule has 1 aliphatic rings. The van der Waals surface area contributed by atoms with Gasteiger partial charge in [-0.05, 0) is 37.3 Å². The molecule has 128 valence electrons. The maximum Gasteiger partial charge on any atom is 0.361 e. The summed E-state index contributed by atoms with van der Waals surface area (Å²) in [6.07, 6.45) is 4.56. The van der Waals surface area contributed by atoms with Gasteiger partial charge in [0, 0.05) is 0 Å². The van der Waals surface area contributed by atoms with Crippen LogP contribution >= 0.6 is 0 Å². The molecule has 1 atom stereocenters. The highest BCUT2D eigenvalue weighted by molar-refractivity contribution is 6.04. The Morgan fingerprint density at radius 3 is 3.12 bits per heavy atom. The first-order chi connectivity index (χ1) is 12.3. The fraction of sp³-hybridized carbons (Fsp3) is 0.333. The van der Waals surface area contributed by atoms with Crippen LogP contribution in [0.2, 0.25) is 0 Å². The molecule has 2 aromatic heterocycles. The van der Waals surface area contributed by atoms with Crippen LogP contribution in [0, 0.1) is 0 Å². The molecule has 0 unspecified atom stereocenters. The fourth-order valence-corrected chi connectivity index (χ4v) is 3.30. The SMILES string of the molecule is CCOC(=O)c1noc2ncnc(N[C@H]3CCCc4ccccc43)c12. The predicted octanol–water partition coefficient (Wildman–Crippen LogP) is 3.28. The topological polar surface area (TPSA) is 90.1 Å². The lowest BCUT2D eigenvalue weighted by atomic mass is 9.88. The summed E-state index contributed by atoms with van der Waals surface area (Å²) < 4.78 is 10.2. The molecule has 0 aliphatic heterocycles. The molecule has 1 aliphatic carbocycles. The minimum atomic E-state index is -0.539. The summed E-state index contributed by atoms with van der Waals surface area (Å²) in [5, 5.41) is 7.73. The number of benzene rings is 1. The van der Waals surface area contributed by atoms with Crippen molar-refractivity contribution in [3.63, 3.8) is 0 Å². The van der Waals surface area contributed by atoms with Gasteiger partial charge in [-0.25, -0.2) is 9.78 Å². The number of aryl methyl sites for hydroxylation is 1. The number of fused-ring (bicyclic) bond motifs is 2. The number of hydrogen-bond donors (Lipinski definition) is 1. The van der Waals surface area contributed by atoms with E-state index in [1.165, 1.54) is 17.5 Å². The van der Waals surface area contributed by atoms with Crippen molar-refractivity contribution < 1.29 is 14.1 Å². The summed E-state index contributed by atoms with van der Waals surface area (Å²) in [4.78, 5) is 20.5. The van der Waals surface area contributed by atoms with E-state index in [0.717, 1.165) is 19.3 Å². The molecule has 0 radical (unpaired) electrons. The number of nitrogens with one attached hydrogen (secondary N) is 1. The van der Waals surface area contributed by atoms with E-state index in [0.29, 0.717) is 11.2 Å². The van der Waals surface area contributed by atoms with Gasteiger partial charge in [0.1, 0.15) is 17.5 Å². The van der Waals surface area contributed by atoms with Crippen molar-refractivity contribution in [2.75, 3.05) is 11.9 Å². The highest BCUT2D eigenvalue weighted by atomic mass is 16.5. The van der Waals surface area contributed by atoms with Crippen LogP contribution in [-0.4, -0.2) is 27.7 Å². The third-order valence-corrected chi connectivity index (χ3v) is 4.42. The van der Waals surface area contributed by atoms with Gasteiger partial charge in [0.15, 0.2) is 0 Å². The second-order valence-electron chi connectivity index (χ2n) is 5.94. The number of carbonyl (C=O) groups excluding carboxylic acids is 1. The molecule has 0 spiro atoms. The van der Waals surface area contributed by atoms with Gasteiger partial charge in [0.25, 0.3) is 5.71 Å². The van der Waals surface area contributed by atoms with Gasteiger partial charge in [-0.3, -0.25) is 0 Å². The average Bonchev–Trinajstić information content (AvgIpc) is 3.08. The third kappa shape index (κ3) is 2.82. The number of esters is 1. The van der Waals surface area contributed by atoms with Gasteiger partial charge in [-0.2, -0.15) is 4.98 Å². The molecule has 0 bridgehead atoms. The Hall–Kier alpha value is -2.96. The second kappa shape index (κ2) is 6.51. The van der Waals surface area contributed by atoms with E-state index in [9.17, 15) is 4.79 Å². The summed E-state index contributed by atoms with van der Waals surface area (Å²) in [7, 11) is 0. The molecular weight excluding hydrogens is 320 g/mol. The standard InChI is InChI=1S/C18H18N4O3/c1-2-24-18(23)15-14-16(19-10-20-17(14)25-22-15)21-13-9-5-7-11-6-3-4-8-12(11)13/h3-4,6,8,10,13H,2,5,7,9H2,1H3,(H,19,20,21)/t13-/m0/s1. The molecule has 2 heterocycles. The Kier molecular flexibility index (Phi) is 4.05. The Labute approximate surface area is 144 Å². The highest BCUT2D eigenvalue weighted by Gasteiger charge is 2.25. The number of carbonyl (C=O) groups is 1. The van der Waals surface area contributed by atoms with Crippen molar-refractivity contribution in [3.8, 4) is 0 Å². The molecule has 0 saturated carbocycles. The Bertz CT molecular complexity index is 922. The van der Waals surface area contributed by atoms with Crippen molar-refractivity contribution in [2.45, 2.75) is 32.2 Å². The van der Waals surface area contributed by atoms with Crippen LogP contribution in [0.15, 0.2) is 35.1 Å². The van der Waals surface area contributed by atoms with E-state index in [2.05, 4.69) is 38.6 Å². The van der Waals surface area contributed by atoms with E-state index in [-0.39, 0.29) is 24.1 Å². The lowest BCUT2D eigenvalue weighted by molar-refractivity contribution is 0.0517. The Morgan fingerprint density at radius 1 is 1.36 bits per heavy atom. The van der Waals surface area contributed by atoms with E-state index < -0.39 is 5.97 Å². The zero-order valence-corrected chi connectivity index (χ0v) is 13.9. The lowest BCUT2D eigenvalue weighted by Gasteiger charge is -2.26. The number of nitrogens with zero attached hydrogens (tertiary/aromatic N) is 3.